The Hall–Kier alpha value is -3.06. The second kappa shape index (κ2) is 12.0. The number of benzene rings is 4. The van der Waals surface area contributed by atoms with Gasteiger partial charge in [-0.25, -0.2) is 0 Å². The molecule has 4 aromatic carbocycles. The minimum atomic E-state index is -0.620. The van der Waals surface area contributed by atoms with E-state index in [-0.39, 0.29) is 10.8 Å². The molecule has 2 aliphatic rings. The lowest BCUT2D eigenvalue weighted by atomic mass is 9.61. The Morgan fingerprint density at radius 2 is 0.878 bits per heavy atom. The predicted molar refractivity (Wildman–Crippen MR) is 177 cm³/mol. The number of hydrogen-bond acceptors (Lipinski definition) is 0. The summed E-state index contributed by atoms with van der Waals surface area (Å²) in [6.45, 7) is 4.55. The maximum atomic E-state index is 7.73. The highest BCUT2D eigenvalue weighted by Gasteiger charge is 2.53. The largest absolute Gasteiger partial charge is 0.113 e. The molecule has 2 aliphatic carbocycles. The van der Waals surface area contributed by atoms with E-state index in [1.165, 1.54) is 55.7 Å². The van der Waals surface area contributed by atoms with E-state index in [4.69, 9.17) is 23.2 Å². The van der Waals surface area contributed by atoms with Crippen LogP contribution in [0.25, 0.3) is 11.1 Å². The third-order valence-electron chi connectivity index (χ3n) is 9.06. The van der Waals surface area contributed by atoms with E-state index in [0.29, 0.717) is 0 Å². The lowest BCUT2D eigenvalue weighted by molar-refractivity contribution is 0.660. The first-order valence-electron chi connectivity index (χ1n) is 15.2. The summed E-state index contributed by atoms with van der Waals surface area (Å²) in [6, 6.07) is 39.6. The van der Waals surface area contributed by atoms with Gasteiger partial charge in [0, 0.05) is 0 Å². The molecule has 0 radical (unpaired) electrons. The normalized spacial score (nSPS) is 18.1. The molecule has 41 heavy (non-hydrogen) atoms. The Bertz CT molecular complexity index is 1460. The number of halogens is 2. The molecule has 0 aromatic heterocycles. The van der Waals surface area contributed by atoms with E-state index < -0.39 is 5.41 Å². The lowest BCUT2D eigenvalue weighted by Gasteiger charge is -2.43. The fraction of sp³-hybridized carbons (Fsp3) is 0.282. The van der Waals surface area contributed by atoms with Crippen molar-refractivity contribution in [2.75, 3.05) is 0 Å². The third-order valence-corrected chi connectivity index (χ3v) is 9.96. The van der Waals surface area contributed by atoms with Crippen LogP contribution in [0.4, 0.5) is 0 Å². The van der Waals surface area contributed by atoms with Gasteiger partial charge in [0.05, 0.1) is 16.2 Å². The fourth-order valence-electron chi connectivity index (χ4n) is 7.28. The molecule has 0 aliphatic heterocycles. The molecule has 2 unspecified atom stereocenters. The summed E-state index contributed by atoms with van der Waals surface area (Å²) < 4.78 is 0. The van der Waals surface area contributed by atoms with Crippen LogP contribution in [0.1, 0.15) is 96.5 Å². The minimum Gasteiger partial charge on any atom is -0.113 e. The summed E-state index contributed by atoms with van der Waals surface area (Å²) in [5, 5.41) is -0.517. The van der Waals surface area contributed by atoms with Gasteiger partial charge in [-0.15, -0.1) is 23.2 Å². The number of fused-ring (bicyclic) bond motifs is 2. The number of alkyl halides is 2. The van der Waals surface area contributed by atoms with Gasteiger partial charge in [-0.05, 0) is 81.4 Å². The van der Waals surface area contributed by atoms with Crippen LogP contribution in [0.2, 0.25) is 0 Å². The minimum absolute atomic E-state index is 0.258. The second-order valence-corrected chi connectivity index (χ2v) is 12.2. The smallest absolute Gasteiger partial charge is 0.0822 e. The zero-order chi connectivity index (χ0) is 28.4. The molecule has 0 amide bonds. The Kier molecular flexibility index (Phi) is 8.25. The van der Waals surface area contributed by atoms with Crippen LogP contribution in [0, 0.1) is 0 Å². The van der Waals surface area contributed by atoms with Gasteiger partial charge < -0.3 is 0 Å². The van der Waals surface area contributed by atoms with E-state index in [1.807, 2.05) is 0 Å². The molecule has 0 spiro atoms. The highest BCUT2D eigenvalue weighted by Crippen LogP contribution is 2.64. The first-order chi connectivity index (χ1) is 20.1. The monoisotopic (exact) mass is 576 g/mol. The molecule has 0 nitrogen and oxygen atoms in total. The Balaban J connectivity index is 1.79. The van der Waals surface area contributed by atoms with Gasteiger partial charge in [0.1, 0.15) is 0 Å². The Labute approximate surface area is 255 Å². The zero-order valence-electron chi connectivity index (χ0n) is 24.0. The number of allylic oxidation sites excluding steroid dienone is 4. The van der Waals surface area contributed by atoms with Gasteiger partial charge in [0.2, 0.25) is 0 Å². The van der Waals surface area contributed by atoms with Crippen molar-refractivity contribution in [2.24, 2.45) is 0 Å². The Morgan fingerprint density at radius 3 is 1.27 bits per heavy atom. The summed E-state index contributed by atoms with van der Waals surface area (Å²) in [7, 11) is 0. The van der Waals surface area contributed by atoms with Crippen LogP contribution in [0.15, 0.2) is 120 Å². The molecule has 208 valence electrons. The maximum Gasteiger partial charge on any atom is 0.0822 e. The second-order valence-electron chi connectivity index (χ2n) is 11.4. The molecular formula is C39H38Cl2. The molecule has 2 heteroatoms. The van der Waals surface area contributed by atoms with Crippen LogP contribution >= 0.6 is 23.2 Å². The summed E-state index contributed by atoms with van der Waals surface area (Å²) in [5.74, 6) is 0. The molecule has 0 heterocycles. The lowest BCUT2D eigenvalue weighted by Crippen LogP contribution is -2.35. The van der Waals surface area contributed by atoms with Gasteiger partial charge in [0.25, 0.3) is 0 Å². The van der Waals surface area contributed by atoms with Crippen molar-refractivity contribution in [1.29, 1.82) is 0 Å². The van der Waals surface area contributed by atoms with E-state index >= 15 is 0 Å². The first kappa shape index (κ1) is 28.1. The van der Waals surface area contributed by atoms with Gasteiger partial charge in [0.15, 0.2) is 0 Å². The highest BCUT2D eigenvalue weighted by molar-refractivity contribution is 6.27. The highest BCUT2D eigenvalue weighted by atomic mass is 35.5. The maximum absolute atomic E-state index is 7.73. The Morgan fingerprint density at radius 1 is 0.512 bits per heavy atom. The fourth-order valence-corrected chi connectivity index (χ4v) is 8.25. The van der Waals surface area contributed by atoms with E-state index in [1.54, 1.807) is 0 Å². The molecule has 0 saturated heterocycles. The third kappa shape index (κ3) is 4.61. The first-order valence-corrected chi connectivity index (χ1v) is 16.1. The van der Waals surface area contributed by atoms with E-state index in [2.05, 4.69) is 123 Å². The number of unbranched alkanes of at least 4 members (excludes halogenated alkanes) is 2. The van der Waals surface area contributed by atoms with Gasteiger partial charge >= 0.3 is 0 Å². The number of hydrogen-bond donors (Lipinski definition) is 0. The van der Waals surface area contributed by atoms with Crippen LogP contribution in [-0.2, 0) is 5.41 Å². The van der Waals surface area contributed by atoms with Crippen molar-refractivity contribution >= 4 is 34.3 Å². The summed E-state index contributed by atoms with van der Waals surface area (Å²) >= 11 is 15.5. The quantitative estimate of drug-likeness (QED) is 0.165. The number of rotatable bonds is 10. The van der Waals surface area contributed by atoms with Crippen molar-refractivity contribution in [3.63, 3.8) is 0 Å². The molecule has 4 aromatic rings. The van der Waals surface area contributed by atoms with Crippen LogP contribution in [-0.4, -0.2) is 0 Å². The van der Waals surface area contributed by atoms with Crippen molar-refractivity contribution in [2.45, 2.75) is 68.5 Å². The van der Waals surface area contributed by atoms with Crippen molar-refractivity contribution in [1.82, 2.24) is 0 Å². The summed E-state index contributed by atoms with van der Waals surface area (Å²) in [6.07, 6.45) is 6.47. The average Bonchev–Trinajstić information content (AvgIpc) is 3.47. The van der Waals surface area contributed by atoms with E-state index in [9.17, 15) is 0 Å². The molecule has 0 bridgehead atoms. The van der Waals surface area contributed by atoms with Gasteiger partial charge in [-0.1, -0.05) is 136 Å². The van der Waals surface area contributed by atoms with Crippen LogP contribution in [0.3, 0.4) is 0 Å². The molecule has 2 atom stereocenters. The van der Waals surface area contributed by atoms with Gasteiger partial charge in [-0.3, -0.25) is 0 Å². The van der Waals surface area contributed by atoms with Crippen LogP contribution in [0.5, 0.6) is 0 Å². The average molecular weight is 578 g/mol. The molecular weight excluding hydrogens is 539 g/mol. The standard InChI is InChI=1S/C39H38Cl2/c1-3-5-21-31-29-23-13-15-25-33(29)37(40)35(31)39(27-17-9-7-10-18-27,28-19-11-8-12-20-28)36-32(22-6-4-2)30-24-14-16-26-34(30)38(36)41/h7-20,23-26,37-38H,3-6,21-22H2,1-2H3. The van der Waals surface area contributed by atoms with Crippen molar-refractivity contribution < 1.29 is 0 Å². The summed E-state index contributed by atoms with van der Waals surface area (Å²) in [4.78, 5) is 0. The molecule has 0 N–H and O–H groups in total. The van der Waals surface area contributed by atoms with Crippen LogP contribution < -0.4 is 0 Å². The summed E-state index contributed by atoms with van der Waals surface area (Å²) in [5.41, 5.74) is 12.2. The van der Waals surface area contributed by atoms with E-state index in [0.717, 1.165) is 38.5 Å². The SMILES string of the molecule is CCCCC1=C(C(C2=C(CCCC)c3ccccc3C2Cl)(c2ccccc2)c2ccccc2)C(Cl)c2ccccc21. The molecule has 0 saturated carbocycles. The van der Waals surface area contributed by atoms with Crippen molar-refractivity contribution in [3.8, 4) is 0 Å². The molecule has 6 rings (SSSR count). The van der Waals surface area contributed by atoms with Crippen molar-refractivity contribution in [3.05, 3.63) is 154 Å². The molecule has 0 fully saturated rings. The van der Waals surface area contributed by atoms with Gasteiger partial charge in [-0.2, -0.15) is 0 Å². The topological polar surface area (TPSA) is 0 Å². The predicted octanol–water partition coefficient (Wildman–Crippen LogP) is 11.8. The zero-order valence-corrected chi connectivity index (χ0v) is 25.6.